The zero-order valence-electron chi connectivity index (χ0n) is 11.4. The summed E-state index contributed by atoms with van der Waals surface area (Å²) in [5, 5.41) is 13.7. The lowest BCUT2D eigenvalue weighted by Crippen LogP contribution is -2.25. The van der Waals surface area contributed by atoms with Gasteiger partial charge in [0.05, 0.1) is 0 Å². The van der Waals surface area contributed by atoms with Gasteiger partial charge in [-0.3, -0.25) is 4.79 Å². The van der Waals surface area contributed by atoms with Gasteiger partial charge in [-0.1, -0.05) is 13.8 Å². The fraction of sp³-hybridized carbons (Fsp3) is 0.615. The Labute approximate surface area is 108 Å². The summed E-state index contributed by atoms with van der Waals surface area (Å²) in [5.74, 6) is 1.20. The van der Waals surface area contributed by atoms with Gasteiger partial charge in [0.2, 0.25) is 0 Å². The van der Waals surface area contributed by atoms with Crippen molar-refractivity contribution in [3.8, 4) is 0 Å². The quantitative estimate of drug-likeness (QED) is 0.727. The number of nitrogens with zero attached hydrogens (tertiary/aromatic N) is 2. The van der Waals surface area contributed by atoms with E-state index in [0.29, 0.717) is 24.0 Å². The first-order chi connectivity index (χ1) is 8.63. The second kappa shape index (κ2) is 7.63. The number of aromatic nitrogens is 2. The van der Waals surface area contributed by atoms with Gasteiger partial charge in [0.1, 0.15) is 5.82 Å². The second-order valence-corrected chi connectivity index (χ2v) is 4.63. The lowest BCUT2D eigenvalue weighted by molar-refractivity contribution is 0.0946. The summed E-state index contributed by atoms with van der Waals surface area (Å²) in [7, 11) is 0. The van der Waals surface area contributed by atoms with Crippen LogP contribution in [0.15, 0.2) is 12.1 Å². The molecule has 1 aromatic heterocycles. The van der Waals surface area contributed by atoms with Crippen LogP contribution in [-0.4, -0.2) is 29.2 Å². The van der Waals surface area contributed by atoms with Gasteiger partial charge < -0.3 is 10.6 Å². The Morgan fingerprint density at radius 2 is 2.11 bits per heavy atom. The number of hydrogen-bond acceptors (Lipinski definition) is 4. The fourth-order valence-electron chi connectivity index (χ4n) is 1.53. The smallest absolute Gasteiger partial charge is 0.271 e. The van der Waals surface area contributed by atoms with Crippen molar-refractivity contribution in [2.45, 2.75) is 33.6 Å². The Morgan fingerprint density at radius 1 is 1.33 bits per heavy atom. The zero-order chi connectivity index (χ0) is 13.4. The minimum Gasteiger partial charge on any atom is -0.369 e. The highest BCUT2D eigenvalue weighted by molar-refractivity contribution is 5.92. The number of carbonyl (C=O) groups excluding carboxylic acids is 1. The lowest BCUT2D eigenvalue weighted by Gasteiger charge is -2.06. The van der Waals surface area contributed by atoms with Crippen LogP contribution >= 0.6 is 0 Å². The van der Waals surface area contributed by atoms with Gasteiger partial charge in [-0.2, -0.15) is 0 Å². The van der Waals surface area contributed by atoms with Crippen molar-refractivity contribution in [3.05, 3.63) is 17.8 Å². The van der Waals surface area contributed by atoms with Crippen LogP contribution < -0.4 is 10.6 Å². The Balaban J connectivity index is 2.37. The van der Waals surface area contributed by atoms with Gasteiger partial charge >= 0.3 is 0 Å². The third-order valence-electron chi connectivity index (χ3n) is 2.50. The van der Waals surface area contributed by atoms with Crippen LogP contribution in [-0.2, 0) is 0 Å². The molecule has 0 bridgehead atoms. The standard InChI is InChI=1S/C13H22N4O/c1-4-14-12-8-7-11(16-17-12)13(18)15-9-5-6-10(2)3/h7-8,10H,4-6,9H2,1-3H3,(H,14,17)(H,15,18). The second-order valence-electron chi connectivity index (χ2n) is 4.63. The molecule has 0 aliphatic rings. The summed E-state index contributed by atoms with van der Waals surface area (Å²) in [4.78, 5) is 11.7. The number of nitrogens with one attached hydrogen (secondary N) is 2. The minimum absolute atomic E-state index is 0.158. The van der Waals surface area contributed by atoms with E-state index in [0.717, 1.165) is 19.4 Å². The number of carbonyl (C=O) groups is 1. The maximum atomic E-state index is 11.7. The highest BCUT2D eigenvalue weighted by Gasteiger charge is 2.07. The van der Waals surface area contributed by atoms with Gasteiger partial charge in [-0.25, -0.2) is 0 Å². The highest BCUT2D eigenvalue weighted by Crippen LogP contribution is 2.03. The van der Waals surface area contributed by atoms with Gasteiger partial charge in [-0.15, -0.1) is 10.2 Å². The van der Waals surface area contributed by atoms with Crippen molar-refractivity contribution in [1.82, 2.24) is 15.5 Å². The van der Waals surface area contributed by atoms with Crippen molar-refractivity contribution in [3.63, 3.8) is 0 Å². The van der Waals surface area contributed by atoms with Crippen molar-refractivity contribution < 1.29 is 4.79 Å². The van der Waals surface area contributed by atoms with Crippen LogP contribution in [0.3, 0.4) is 0 Å². The summed E-state index contributed by atoms with van der Waals surface area (Å²) < 4.78 is 0. The Morgan fingerprint density at radius 3 is 2.67 bits per heavy atom. The molecule has 0 aliphatic heterocycles. The minimum atomic E-state index is -0.158. The molecular formula is C13H22N4O. The topological polar surface area (TPSA) is 66.9 Å². The maximum Gasteiger partial charge on any atom is 0.271 e. The van der Waals surface area contributed by atoms with Gasteiger partial charge in [-0.05, 0) is 37.8 Å². The largest absolute Gasteiger partial charge is 0.369 e. The summed E-state index contributed by atoms with van der Waals surface area (Å²) in [6.45, 7) is 7.81. The molecule has 18 heavy (non-hydrogen) atoms. The van der Waals surface area contributed by atoms with Crippen molar-refractivity contribution in [1.29, 1.82) is 0 Å². The molecule has 1 amide bonds. The van der Waals surface area contributed by atoms with E-state index >= 15 is 0 Å². The Hall–Kier alpha value is -1.65. The fourth-order valence-corrected chi connectivity index (χ4v) is 1.53. The average Bonchev–Trinajstić information content (AvgIpc) is 2.35. The SMILES string of the molecule is CCNc1ccc(C(=O)NCCCC(C)C)nn1. The number of hydrogen-bond donors (Lipinski definition) is 2. The molecule has 0 aliphatic carbocycles. The molecule has 0 atom stereocenters. The monoisotopic (exact) mass is 250 g/mol. The summed E-state index contributed by atoms with van der Waals surface area (Å²) in [6, 6.07) is 3.45. The van der Waals surface area contributed by atoms with E-state index < -0.39 is 0 Å². The summed E-state index contributed by atoms with van der Waals surface area (Å²) in [6.07, 6.45) is 2.11. The van der Waals surface area contributed by atoms with Crippen molar-refractivity contribution in [2.24, 2.45) is 5.92 Å². The van der Waals surface area contributed by atoms with E-state index in [1.54, 1.807) is 12.1 Å². The first kappa shape index (κ1) is 14.4. The van der Waals surface area contributed by atoms with Crippen LogP contribution in [0.5, 0.6) is 0 Å². The summed E-state index contributed by atoms with van der Waals surface area (Å²) >= 11 is 0. The molecule has 0 aromatic carbocycles. The normalized spacial score (nSPS) is 10.4. The van der Waals surface area contributed by atoms with Crippen molar-refractivity contribution in [2.75, 3.05) is 18.4 Å². The average molecular weight is 250 g/mol. The lowest BCUT2D eigenvalue weighted by atomic mass is 10.1. The number of amides is 1. The van der Waals surface area contributed by atoms with Gasteiger partial charge in [0, 0.05) is 13.1 Å². The van der Waals surface area contributed by atoms with E-state index in [4.69, 9.17) is 0 Å². The molecule has 5 heteroatoms. The number of anilines is 1. The molecule has 0 saturated heterocycles. The molecule has 100 valence electrons. The zero-order valence-corrected chi connectivity index (χ0v) is 11.4. The third kappa shape index (κ3) is 5.12. The molecule has 2 N–H and O–H groups in total. The Bertz CT molecular complexity index is 362. The molecule has 1 heterocycles. The molecule has 0 unspecified atom stereocenters. The van der Waals surface area contributed by atoms with Crippen LogP contribution in [0, 0.1) is 5.92 Å². The summed E-state index contributed by atoms with van der Waals surface area (Å²) in [5.41, 5.74) is 0.362. The van der Waals surface area contributed by atoms with E-state index in [1.807, 2.05) is 6.92 Å². The van der Waals surface area contributed by atoms with Crippen LogP contribution in [0.25, 0.3) is 0 Å². The number of rotatable bonds is 7. The predicted molar refractivity (Wildman–Crippen MR) is 72.6 cm³/mol. The molecule has 0 fully saturated rings. The molecule has 1 rings (SSSR count). The molecule has 1 aromatic rings. The molecule has 0 saturated carbocycles. The van der Waals surface area contributed by atoms with E-state index in [-0.39, 0.29) is 5.91 Å². The molecule has 5 nitrogen and oxygen atoms in total. The van der Waals surface area contributed by atoms with Gasteiger partial charge in [0.25, 0.3) is 5.91 Å². The molecule has 0 radical (unpaired) electrons. The van der Waals surface area contributed by atoms with E-state index in [1.165, 1.54) is 0 Å². The van der Waals surface area contributed by atoms with E-state index in [9.17, 15) is 4.79 Å². The van der Waals surface area contributed by atoms with Crippen molar-refractivity contribution >= 4 is 11.7 Å². The molecule has 0 spiro atoms. The Kier molecular flexibility index (Phi) is 6.11. The maximum absolute atomic E-state index is 11.7. The van der Waals surface area contributed by atoms with E-state index in [2.05, 4.69) is 34.7 Å². The molecular weight excluding hydrogens is 228 g/mol. The third-order valence-corrected chi connectivity index (χ3v) is 2.50. The van der Waals surface area contributed by atoms with Crippen LogP contribution in [0.4, 0.5) is 5.82 Å². The van der Waals surface area contributed by atoms with Gasteiger partial charge in [0.15, 0.2) is 5.69 Å². The predicted octanol–water partition coefficient (Wildman–Crippen LogP) is 2.07. The first-order valence-electron chi connectivity index (χ1n) is 6.49. The first-order valence-corrected chi connectivity index (χ1v) is 6.49. The van der Waals surface area contributed by atoms with Crippen LogP contribution in [0.2, 0.25) is 0 Å². The van der Waals surface area contributed by atoms with Crippen LogP contribution in [0.1, 0.15) is 44.1 Å². The highest BCUT2D eigenvalue weighted by atomic mass is 16.1.